The summed E-state index contributed by atoms with van der Waals surface area (Å²) in [5.41, 5.74) is 6.98. The van der Waals surface area contributed by atoms with Crippen molar-refractivity contribution in [2.45, 2.75) is 64.3 Å². The normalized spacial score (nSPS) is 19.2. The number of aryl methyl sites for hydroxylation is 1. The first kappa shape index (κ1) is 31.5. The van der Waals surface area contributed by atoms with Gasteiger partial charge in [-0.1, -0.05) is 6.92 Å². The van der Waals surface area contributed by atoms with Crippen molar-refractivity contribution >= 4 is 34.5 Å². The van der Waals surface area contributed by atoms with Crippen molar-refractivity contribution in [1.29, 1.82) is 0 Å². The zero-order chi connectivity index (χ0) is 32.9. The lowest BCUT2D eigenvalue weighted by molar-refractivity contribution is -0.172. The fourth-order valence-corrected chi connectivity index (χ4v) is 6.64. The van der Waals surface area contributed by atoms with Crippen molar-refractivity contribution in [2.24, 2.45) is 5.73 Å². The van der Waals surface area contributed by atoms with Crippen molar-refractivity contribution < 1.29 is 38.1 Å². The lowest BCUT2D eigenvalue weighted by Crippen LogP contribution is -2.44. The highest BCUT2D eigenvalue weighted by molar-refractivity contribution is 5.94. The van der Waals surface area contributed by atoms with Gasteiger partial charge in [0.25, 0.3) is 5.56 Å². The van der Waals surface area contributed by atoms with Crippen LogP contribution >= 0.6 is 0 Å². The molecule has 4 heterocycles. The standard InChI is InChI=1S/C32H34FN5O8/c1-3-32(44)20-8-24-29-18(12-38(24)30(42)19(20)13-46-31(32)43)28-22(5-4-17-15(2)21(33)9-23(37-29)27(17)28)36-26(41)14-45-7-6-16(39)11-35-25(40)10-34/h8-9,22,44H,3-7,10-14,34H2,1-2H3,(H,35,40)(H,36,41)/t22-,32-/m0/s1. The Bertz CT molecular complexity index is 1890. The third-order valence-corrected chi connectivity index (χ3v) is 9.14. The number of nitrogens with zero attached hydrogens (tertiary/aromatic N) is 2. The molecule has 0 bridgehead atoms. The first-order valence-corrected chi connectivity index (χ1v) is 15.2. The predicted molar refractivity (Wildman–Crippen MR) is 161 cm³/mol. The molecule has 2 atom stereocenters. The molecule has 13 nitrogen and oxygen atoms in total. The maximum Gasteiger partial charge on any atom is 0.343 e. The van der Waals surface area contributed by atoms with Crippen LogP contribution in [0.25, 0.3) is 22.3 Å². The molecule has 1 aliphatic carbocycles. The van der Waals surface area contributed by atoms with E-state index in [1.54, 1.807) is 19.9 Å². The molecule has 3 aliphatic rings. The van der Waals surface area contributed by atoms with Crippen molar-refractivity contribution in [3.8, 4) is 11.4 Å². The van der Waals surface area contributed by atoms with E-state index < -0.39 is 40.8 Å². The summed E-state index contributed by atoms with van der Waals surface area (Å²) in [7, 11) is 0. The summed E-state index contributed by atoms with van der Waals surface area (Å²) in [5.74, 6) is -2.40. The zero-order valence-electron chi connectivity index (χ0n) is 25.5. The number of rotatable bonds is 10. The molecule has 242 valence electrons. The lowest BCUT2D eigenvalue weighted by atomic mass is 9.81. The average molecular weight is 636 g/mol. The summed E-state index contributed by atoms with van der Waals surface area (Å²) in [5, 5.41) is 17.3. The van der Waals surface area contributed by atoms with E-state index in [1.165, 1.54) is 10.6 Å². The number of carbonyl (C=O) groups is 4. The Hall–Kier alpha value is -4.53. The van der Waals surface area contributed by atoms with Gasteiger partial charge in [-0.15, -0.1) is 0 Å². The largest absolute Gasteiger partial charge is 0.458 e. The van der Waals surface area contributed by atoms with Gasteiger partial charge in [-0.25, -0.2) is 14.2 Å². The monoisotopic (exact) mass is 635 g/mol. The highest BCUT2D eigenvalue weighted by Gasteiger charge is 2.46. The molecule has 2 aliphatic heterocycles. The van der Waals surface area contributed by atoms with Crippen LogP contribution in [-0.4, -0.2) is 64.5 Å². The van der Waals surface area contributed by atoms with E-state index in [0.29, 0.717) is 40.9 Å². The van der Waals surface area contributed by atoms with Crippen LogP contribution in [0, 0.1) is 12.7 Å². The molecule has 0 saturated heterocycles. The van der Waals surface area contributed by atoms with E-state index in [2.05, 4.69) is 10.6 Å². The van der Waals surface area contributed by atoms with Gasteiger partial charge in [0.15, 0.2) is 11.4 Å². The second-order valence-corrected chi connectivity index (χ2v) is 11.8. The van der Waals surface area contributed by atoms with Gasteiger partial charge >= 0.3 is 5.97 Å². The molecule has 3 aromatic rings. The summed E-state index contributed by atoms with van der Waals surface area (Å²) in [4.78, 5) is 67.3. The van der Waals surface area contributed by atoms with Gasteiger partial charge in [-0.2, -0.15) is 0 Å². The van der Waals surface area contributed by atoms with Gasteiger partial charge in [0.05, 0.1) is 54.8 Å². The van der Waals surface area contributed by atoms with Crippen molar-refractivity contribution in [2.75, 3.05) is 26.3 Å². The third kappa shape index (κ3) is 5.15. The van der Waals surface area contributed by atoms with E-state index in [4.69, 9.17) is 20.2 Å². The molecular weight excluding hydrogens is 601 g/mol. The van der Waals surface area contributed by atoms with Crippen molar-refractivity contribution in [3.63, 3.8) is 0 Å². The van der Waals surface area contributed by atoms with Gasteiger partial charge in [0.1, 0.15) is 19.0 Å². The minimum Gasteiger partial charge on any atom is -0.458 e. The minimum absolute atomic E-state index is 0.000950. The summed E-state index contributed by atoms with van der Waals surface area (Å²) in [6, 6.07) is 2.42. The van der Waals surface area contributed by atoms with Crippen LogP contribution in [0.2, 0.25) is 0 Å². The summed E-state index contributed by atoms with van der Waals surface area (Å²) >= 11 is 0. The molecule has 0 unspecified atom stereocenters. The Morgan fingerprint density at radius 1 is 1.22 bits per heavy atom. The Morgan fingerprint density at radius 3 is 2.74 bits per heavy atom. The number of fused-ring (bicyclic) bond motifs is 5. The van der Waals surface area contributed by atoms with E-state index in [1.807, 2.05) is 0 Å². The molecule has 0 fully saturated rings. The Balaban J connectivity index is 1.32. The number of nitrogens with two attached hydrogens (primary N) is 1. The fourth-order valence-electron chi connectivity index (χ4n) is 6.64. The van der Waals surface area contributed by atoms with Crippen LogP contribution in [0.5, 0.6) is 0 Å². The molecule has 0 saturated carbocycles. The maximum absolute atomic E-state index is 15.1. The van der Waals surface area contributed by atoms with E-state index in [9.17, 15) is 29.1 Å². The zero-order valence-corrected chi connectivity index (χ0v) is 25.5. The highest BCUT2D eigenvalue weighted by Crippen LogP contribution is 2.45. The number of ether oxygens (including phenoxy) is 2. The number of carbonyl (C=O) groups excluding carboxylic acids is 4. The van der Waals surface area contributed by atoms with Gasteiger partial charge in [-0.05, 0) is 48.9 Å². The van der Waals surface area contributed by atoms with Crippen LogP contribution in [-0.2, 0) is 53.8 Å². The third-order valence-electron chi connectivity index (χ3n) is 9.14. The number of esters is 1. The van der Waals surface area contributed by atoms with Crippen molar-refractivity contribution in [3.05, 3.63) is 61.7 Å². The number of benzene rings is 1. The molecule has 6 rings (SSSR count). The SMILES string of the molecule is CC[C@@]1(O)C(=O)OCc2c1cc1n(c2=O)Cc2c-1nc1cc(F)c(C)c3c1c2[C@@H](NC(=O)COCCC(=O)CNC(=O)CN)CC3. The van der Waals surface area contributed by atoms with Crippen LogP contribution < -0.4 is 21.9 Å². The first-order valence-electron chi connectivity index (χ1n) is 15.2. The molecule has 2 amide bonds. The number of nitrogens with one attached hydrogen (secondary N) is 2. The number of aliphatic hydroxyl groups is 1. The van der Waals surface area contributed by atoms with Gasteiger partial charge in [-0.3, -0.25) is 19.2 Å². The van der Waals surface area contributed by atoms with Gasteiger partial charge in [0, 0.05) is 29.0 Å². The number of aromatic nitrogens is 2. The summed E-state index contributed by atoms with van der Waals surface area (Å²) < 4.78 is 27.2. The summed E-state index contributed by atoms with van der Waals surface area (Å²) in [6.07, 6.45) is 0.924. The van der Waals surface area contributed by atoms with Gasteiger partial charge < -0.3 is 35.5 Å². The van der Waals surface area contributed by atoms with Crippen LogP contribution in [0.1, 0.15) is 65.6 Å². The van der Waals surface area contributed by atoms with E-state index in [-0.39, 0.29) is 69.2 Å². The fraction of sp³-hybridized carbons (Fsp3) is 0.438. The van der Waals surface area contributed by atoms with Crippen molar-refractivity contribution in [1.82, 2.24) is 20.2 Å². The second-order valence-electron chi connectivity index (χ2n) is 11.8. The average Bonchev–Trinajstić information content (AvgIpc) is 3.41. The number of pyridine rings is 2. The van der Waals surface area contributed by atoms with Crippen LogP contribution in [0.3, 0.4) is 0 Å². The second kappa shape index (κ2) is 12.0. The predicted octanol–water partition coefficient (Wildman–Crippen LogP) is 0.681. The number of hydrogen-bond donors (Lipinski definition) is 4. The van der Waals surface area contributed by atoms with Crippen LogP contribution in [0.4, 0.5) is 4.39 Å². The highest BCUT2D eigenvalue weighted by atomic mass is 19.1. The Morgan fingerprint density at radius 2 is 2.00 bits per heavy atom. The lowest BCUT2D eigenvalue weighted by Gasteiger charge is -2.31. The van der Waals surface area contributed by atoms with Crippen LogP contribution in [0.15, 0.2) is 16.9 Å². The van der Waals surface area contributed by atoms with E-state index >= 15 is 4.39 Å². The number of ketones is 1. The quantitative estimate of drug-likeness (QED) is 0.142. The molecule has 0 radical (unpaired) electrons. The number of halogens is 1. The molecule has 14 heteroatoms. The first-order chi connectivity index (χ1) is 22.0. The van der Waals surface area contributed by atoms with Gasteiger partial charge in [0.2, 0.25) is 11.8 Å². The maximum atomic E-state index is 15.1. The Kier molecular flexibility index (Phi) is 8.21. The molecule has 1 aromatic carbocycles. The summed E-state index contributed by atoms with van der Waals surface area (Å²) in [6.45, 7) is 2.43. The minimum atomic E-state index is -1.99. The Labute approximate surface area is 262 Å². The number of Topliss-reactive ketones (excluding diaryl/α,β-unsaturated/α-hetero) is 1. The number of hydrogen-bond acceptors (Lipinski definition) is 10. The molecular formula is C32H34FN5O8. The topological polar surface area (TPSA) is 192 Å². The van der Waals surface area contributed by atoms with E-state index in [0.717, 1.165) is 16.5 Å². The molecule has 2 aromatic heterocycles. The number of amides is 2. The molecule has 46 heavy (non-hydrogen) atoms. The molecule has 5 N–H and O–H groups in total. The number of cyclic esters (lactones) is 1. The molecule has 0 spiro atoms. The smallest absolute Gasteiger partial charge is 0.343 e.